The van der Waals surface area contributed by atoms with Gasteiger partial charge in [-0.3, -0.25) is 0 Å². The largest absolute Gasteiger partial charge is 0.436 e. The first-order valence-electron chi connectivity index (χ1n) is 5.01. The maximum Gasteiger partial charge on any atom is 0.233 e. The van der Waals surface area contributed by atoms with Gasteiger partial charge in [-0.05, 0) is 0 Å². The third kappa shape index (κ3) is 1.54. The Morgan fingerprint density at radius 2 is 1.88 bits per heavy atom. The summed E-state index contributed by atoms with van der Waals surface area (Å²) in [6.45, 7) is 0. The van der Waals surface area contributed by atoms with Crippen LogP contribution < -0.4 is 5.73 Å². The summed E-state index contributed by atoms with van der Waals surface area (Å²) in [5, 5.41) is 1.01. The molecule has 0 amide bonds. The second kappa shape index (κ2) is 3.75. The summed E-state index contributed by atoms with van der Waals surface area (Å²) in [5.74, 6) is 0.889. The molecule has 3 aromatic rings. The van der Waals surface area contributed by atoms with Crippen molar-refractivity contribution in [3.63, 3.8) is 0 Å². The Morgan fingerprint density at radius 1 is 1.12 bits per heavy atom. The molecule has 5 heteroatoms. The quantitative estimate of drug-likeness (QED) is 0.715. The van der Waals surface area contributed by atoms with E-state index in [1.165, 1.54) is 6.33 Å². The Balaban J connectivity index is 2.33. The molecule has 0 radical (unpaired) electrons. The molecule has 2 aromatic heterocycles. The Labute approximate surface area is 102 Å². The Morgan fingerprint density at radius 3 is 2.59 bits per heavy atom. The van der Waals surface area contributed by atoms with Crippen LogP contribution in [0.2, 0.25) is 5.02 Å². The highest BCUT2D eigenvalue weighted by Gasteiger charge is 2.17. The monoisotopic (exact) mass is 245 g/mol. The van der Waals surface area contributed by atoms with Crippen molar-refractivity contribution >= 4 is 28.5 Å². The summed E-state index contributed by atoms with van der Waals surface area (Å²) in [6, 6.07) is 9.57. The summed E-state index contributed by atoms with van der Waals surface area (Å²) in [6.07, 6.45) is 1.35. The van der Waals surface area contributed by atoms with Crippen molar-refractivity contribution in [3.8, 4) is 11.3 Å². The predicted octanol–water partition coefficient (Wildman–Crippen LogP) is 3.13. The van der Waals surface area contributed by atoms with Gasteiger partial charge in [0.2, 0.25) is 5.71 Å². The van der Waals surface area contributed by atoms with Gasteiger partial charge in [-0.1, -0.05) is 41.9 Å². The van der Waals surface area contributed by atoms with E-state index in [1.54, 1.807) is 0 Å². The van der Waals surface area contributed by atoms with Gasteiger partial charge in [0.15, 0.2) is 5.76 Å². The van der Waals surface area contributed by atoms with Crippen LogP contribution in [-0.2, 0) is 0 Å². The van der Waals surface area contributed by atoms with E-state index < -0.39 is 0 Å². The number of furan rings is 1. The van der Waals surface area contributed by atoms with Gasteiger partial charge in [0.25, 0.3) is 0 Å². The van der Waals surface area contributed by atoms with Crippen LogP contribution in [0, 0.1) is 0 Å². The first-order valence-corrected chi connectivity index (χ1v) is 5.39. The van der Waals surface area contributed by atoms with Crippen molar-refractivity contribution in [1.82, 2.24) is 9.97 Å². The van der Waals surface area contributed by atoms with Crippen LogP contribution >= 0.6 is 11.6 Å². The minimum Gasteiger partial charge on any atom is -0.436 e. The van der Waals surface area contributed by atoms with E-state index in [0.29, 0.717) is 27.7 Å². The van der Waals surface area contributed by atoms with Gasteiger partial charge >= 0.3 is 0 Å². The predicted molar refractivity (Wildman–Crippen MR) is 66.7 cm³/mol. The van der Waals surface area contributed by atoms with Gasteiger partial charge < -0.3 is 10.2 Å². The van der Waals surface area contributed by atoms with Crippen molar-refractivity contribution in [2.75, 3.05) is 5.73 Å². The first kappa shape index (κ1) is 10.1. The third-order valence-corrected chi connectivity index (χ3v) is 2.86. The zero-order valence-electron chi connectivity index (χ0n) is 8.72. The lowest BCUT2D eigenvalue weighted by Crippen LogP contribution is -1.90. The molecule has 1 aromatic carbocycles. The number of hydrogen-bond donors (Lipinski definition) is 1. The highest BCUT2D eigenvalue weighted by atomic mass is 35.5. The van der Waals surface area contributed by atoms with E-state index in [9.17, 15) is 0 Å². The molecule has 0 spiro atoms. The molecule has 0 atom stereocenters. The van der Waals surface area contributed by atoms with Gasteiger partial charge in [-0.2, -0.15) is 0 Å². The summed E-state index contributed by atoms with van der Waals surface area (Å²) in [5.41, 5.74) is 7.04. The molecule has 0 saturated heterocycles. The molecule has 2 N–H and O–H groups in total. The fourth-order valence-electron chi connectivity index (χ4n) is 1.70. The lowest BCUT2D eigenvalue weighted by molar-refractivity contribution is 0.618. The molecule has 0 aliphatic rings. The third-order valence-electron chi connectivity index (χ3n) is 2.50. The van der Waals surface area contributed by atoms with Gasteiger partial charge in [0.1, 0.15) is 22.6 Å². The van der Waals surface area contributed by atoms with Crippen molar-refractivity contribution in [2.24, 2.45) is 0 Å². The lowest BCUT2D eigenvalue weighted by atomic mass is 10.1. The van der Waals surface area contributed by atoms with Crippen molar-refractivity contribution in [3.05, 3.63) is 41.7 Å². The summed E-state index contributed by atoms with van der Waals surface area (Å²) < 4.78 is 5.60. The van der Waals surface area contributed by atoms with E-state index in [2.05, 4.69) is 9.97 Å². The van der Waals surface area contributed by atoms with Gasteiger partial charge in [0, 0.05) is 5.56 Å². The molecule has 2 heterocycles. The zero-order valence-corrected chi connectivity index (χ0v) is 9.48. The van der Waals surface area contributed by atoms with E-state index in [0.717, 1.165) is 5.56 Å². The standard InChI is InChI=1S/C12H8ClN3O/c13-9-8-11(14)15-6-16-12(8)17-10(9)7-4-2-1-3-5-7/h1-6H,(H2,14,15,16). The number of benzene rings is 1. The number of aromatic nitrogens is 2. The fraction of sp³-hybridized carbons (Fsp3) is 0. The summed E-state index contributed by atoms with van der Waals surface area (Å²) in [4.78, 5) is 7.90. The highest BCUT2D eigenvalue weighted by molar-refractivity contribution is 6.38. The van der Waals surface area contributed by atoms with Crippen LogP contribution in [0.1, 0.15) is 0 Å². The molecule has 0 unspecified atom stereocenters. The molecule has 0 fully saturated rings. The molecule has 84 valence electrons. The van der Waals surface area contributed by atoms with E-state index in [-0.39, 0.29) is 0 Å². The SMILES string of the molecule is Nc1ncnc2oc(-c3ccccc3)c(Cl)c12. The number of halogens is 1. The first-order chi connectivity index (χ1) is 8.27. The minimum absolute atomic E-state index is 0.325. The highest BCUT2D eigenvalue weighted by Crippen LogP contribution is 2.38. The number of nitrogen functional groups attached to an aromatic ring is 1. The normalized spacial score (nSPS) is 10.9. The van der Waals surface area contributed by atoms with Crippen LogP contribution in [0.5, 0.6) is 0 Å². The Hall–Kier alpha value is -2.07. The smallest absolute Gasteiger partial charge is 0.233 e. The molecule has 0 aliphatic carbocycles. The lowest BCUT2D eigenvalue weighted by Gasteiger charge is -1.95. The molecule has 0 aliphatic heterocycles. The average molecular weight is 246 g/mol. The van der Waals surface area contributed by atoms with E-state index in [1.807, 2.05) is 30.3 Å². The zero-order chi connectivity index (χ0) is 11.8. The molecule has 17 heavy (non-hydrogen) atoms. The van der Waals surface area contributed by atoms with Crippen LogP contribution in [-0.4, -0.2) is 9.97 Å². The van der Waals surface area contributed by atoms with Crippen molar-refractivity contribution in [1.29, 1.82) is 0 Å². The van der Waals surface area contributed by atoms with E-state index in [4.69, 9.17) is 21.8 Å². The Bertz CT molecular complexity index is 679. The number of hydrogen-bond acceptors (Lipinski definition) is 4. The number of nitrogens with zero attached hydrogens (tertiary/aromatic N) is 2. The maximum atomic E-state index is 6.24. The molecule has 0 saturated carbocycles. The van der Waals surface area contributed by atoms with Gasteiger partial charge in [-0.25, -0.2) is 9.97 Å². The van der Waals surface area contributed by atoms with Crippen molar-refractivity contribution in [2.45, 2.75) is 0 Å². The molecular formula is C12H8ClN3O. The number of rotatable bonds is 1. The fourth-order valence-corrected chi connectivity index (χ4v) is 2.02. The topological polar surface area (TPSA) is 64.9 Å². The van der Waals surface area contributed by atoms with Crippen LogP contribution in [0.3, 0.4) is 0 Å². The number of anilines is 1. The number of fused-ring (bicyclic) bond motifs is 1. The van der Waals surface area contributed by atoms with E-state index >= 15 is 0 Å². The molecule has 4 nitrogen and oxygen atoms in total. The summed E-state index contributed by atoms with van der Waals surface area (Å²) >= 11 is 6.24. The second-order valence-corrected chi connectivity index (χ2v) is 3.93. The van der Waals surface area contributed by atoms with Crippen LogP contribution in [0.25, 0.3) is 22.4 Å². The van der Waals surface area contributed by atoms with Gasteiger partial charge in [0.05, 0.1) is 0 Å². The summed E-state index contributed by atoms with van der Waals surface area (Å²) in [7, 11) is 0. The van der Waals surface area contributed by atoms with Gasteiger partial charge in [-0.15, -0.1) is 0 Å². The average Bonchev–Trinajstić information content (AvgIpc) is 2.69. The molecule has 0 bridgehead atoms. The minimum atomic E-state index is 0.325. The maximum absolute atomic E-state index is 6.24. The number of nitrogens with two attached hydrogens (primary N) is 1. The van der Waals surface area contributed by atoms with Crippen LogP contribution in [0.4, 0.5) is 5.82 Å². The van der Waals surface area contributed by atoms with Crippen LogP contribution in [0.15, 0.2) is 41.1 Å². The molecular weight excluding hydrogens is 238 g/mol. The van der Waals surface area contributed by atoms with Crippen molar-refractivity contribution < 1.29 is 4.42 Å². The Kier molecular flexibility index (Phi) is 2.23. The second-order valence-electron chi connectivity index (χ2n) is 3.55. The molecule has 3 rings (SSSR count).